The second-order valence-electron chi connectivity index (χ2n) is 4.73. The first-order valence-electron chi connectivity index (χ1n) is 6.11. The van der Waals surface area contributed by atoms with E-state index in [2.05, 4.69) is 39.6 Å². The van der Waals surface area contributed by atoms with Gasteiger partial charge in [-0.2, -0.15) is 0 Å². The van der Waals surface area contributed by atoms with Crippen LogP contribution >= 0.6 is 0 Å². The average molecular weight is 241 g/mol. The lowest BCUT2D eigenvalue weighted by atomic mass is 10.1. The molecule has 2 unspecified atom stereocenters. The van der Waals surface area contributed by atoms with Crippen LogP contribution in [0.1, 0.15) is 36.4 Å². The molecule has 4 heteroatoms. The second-order valence-corrected chi connectivity index (χ2v) is 4.73. The van der Waals surface area contributed by atoms with Gasteiger partial charge in [-0.15, -0.1) is 0 Å². The van der Waals surface area contributed by atoms with Crippen molar-refractivity contribution in [3.05, 3.63) is 47.8 Å². The van der Waals surface area contributed by atoms with Crippen LogP contribution in [-0.2, 0) is 4.79 Å². The number of imidazole rings is 1. The number of aromatic amines is 1. The van der Waals surface area contributed by atoms with Gasteiger partial charge in [0.1, 0.15) is 0 Å². The molecule has 18 heavy (non-hydrogen) atoms. The second kappa shape index (κ2) is 4.29. The Labute approximate surface area is 105 Å². The highest BCUT2D eigenvalue weighted by Crippen LogP contribution is 2.54. The number of rotatable bonds is 3. The molecule has 2 atom stereocenters. The molecule has 1 aliphatic rings. The number of benzene rings is 1. The van der Waals surface area contributed by atoms with Gasteiger partial charge in [0.25, 0.3) is 0 Å². The highest BCUT2D eigenvalue weighted by atomic mass is 16.1. The van der Waals surface area contributed by atoms with Crippen molar-refractivity contribution in [2.45, 2.75) is 25.2 Å². The third-order valence-electron chi connectivity index (χ3n) is 3.31. The molecule has 0 aliphatic heterocycles. The van der Waals surface area contributed by atoms with Crippen LogP contribution in [0.15, 0.2) is 36.5 Å². The first-order chi connectivity index (χ1) is 8.74. The molecule has 1 amide bonds. The summed E-state index contributed by atoms with van der Waals surface area (Å²) in [6.45, 7) is 1.48. The monoisotopic (exact) mass is 241 g/mol. The quantitative estimate of drug-likeness (QED) is 0.867. The Hall–Kier alpha value is -2.10. The smallest absolute Gasteiger partial charge is 0.223 e. The fraction of sp³-hybridized carbons (Fsp3) is 0.286. The van der Waals surface area contributed by atoms with Crippen LogP contribution in [-0.4, -0.2) is 15.9 Å². The van der Waals surface area contributed by atoms with Crippen LogP contribution in [0.4, 0.5) is 5.95 Å². The number of H-pyrrole nitrogens is 1. The maximum atomic E-state index is 10.9. The van der Waals surface area contributed by atoms with Crippen LogP contribution in [0, 0.1) is 0 Å². The summed E-state index contributed by atoms with van der Waals surface area (Å²) in [5.74, 6) is 1.52. The maximum absolute atomic E-state index is 10.9. The van der Waals surface area contributed by atoms with E-state index < -0.39 is 0 Å². The lowest BCUT2D eigenvalue weighted by Gasteiger charge is -1.98. The van der Waals surface area contributed by atoms with E-state index in [9.17, 15) is 4.79 Å². The van der Waals surface area contributed by atoms with Crippen LogP contribution in [0.2, 0.25) is 0 Å². The third kappa shape index (κ3) is 2.14. The van der Waals surface area contributed by atoms with Crippen LogP contribution in [0.3, 0.4) is 0 Å². The van der Waals surface area contributed by atoms with Crippen molar-refractivity contribution >= 4 is 11.9 Å². The molecule has 0 bridgehead atoms. The molecule has 2 aromatic rings. The first kappa shape index (κ1) is 11.0. The molecule has 92 valence electrons. The number of amides is 1. The summed E-state index contributed by atoms with van der Waals surface area (Å²) in [6.07, 6.45) is 2.96. The average Bonchev–Trinajstić information content (AvgIpc) is 3.04. The predicted molar refractivity (Wildman–Crippen MR) is 69.4 cm³/mol. The lowest BCUT2D eigenvalue weighted by molar-refractivity contribution is -0.114. The van der Waals surface area contributed by atoms with Gasteiger partial charge in [0.15, 0.2) is 0 Å². The van der Waals surface area contributed by atoms with E-state index in [1.54, 1.807) is 0 Å². The van der Waals surface area contributed by atoms with E-state index >= 15 is 0 Å². The Morgan fingerprint density at radius 3 is 2.83 bits per heavy atom. The number of carbonyl (C=O) groups is 1. The summed E-state index contributed by atoms with van der Waals surface area (Å²) in [5.41, 5.74) is 2.48. The van der Waals surface area contributed by atoms with E-state index in [-0.39, 0.29) is 5.91 Å². The molecule has 0 saturated heterocycles. The number of aromatic nitrogens is 2. The largest absolute Gasteiger partial charge is 0.328 e. The minimum atomic E-state index is -0.105. The third-order valence-corrected chi connectivity index (χ3v) is 3.31. The van der Waals surface area contributed by atoms with E-state index in [1.165, 1.54) is 12.5 Å². The summed E-state index contributed by atoms with van der Waals surface area (Å²) >= 11 is 0. The molecule has 1 aromatic heterocycles. The number of nitrogens with one attached hydrogen (secondary N) is 2. The molecule has 1 fully saturated rings. The maximum Gasteiger partial charge on any atom is 0.223 e. The van der Waals surface area contributed by atoms with Crippen LogP contribution < -0.4 is 5.32 Å². The highest BCUT2D eigenvalue weighted by Gasteiger charge is 2.40. The van der Waals surface area contributed by atoms with E-state index in [0.717, 1.165) is 12.1 Å². The number of anilines is 1. The Bertz CT molecular complexity index is 561. The summed E-state index contributed by atoms with van der Waals surface area (Å²) in [6, 6.07) is 10.5. The van der Waals surface area contributed by atoms with E-state index in [0.29, 0.717) is 17.8 Å². The van der Waals surface area contributed by atoms with Crippen molar-refractivity contribution in [1.82, 2.24) is 9.97 Å². The zero-order chi connectivity index (χ0) is 12.5. The van der Waals surface area contributed by atoms with Crippen molar-refractivity contribution < 1.29 is 4.79 Å². The van der Waals surface area contributed by atoms with Gasteiger partial charge < -0.3 is 4.98 Å². The number of hydrogen-bond donors (Lipinski definition) is 2. The van der Waals surface area contributed by atoms with Gasteiger partial charge in [-0.1, -0.05) is 30.3 Å². The van der Waals surface area contributed by atoms with Crippen molar-refractivity contribution in [3.8, 4) is 0 Å². The normalized spacial score (nSPS) is 21.6. The van der Waals surface area contributed by atoms with Gasteiger partial charge in [-0.25, -0.2) is 4.98 Å². The van der Waals surface area contributed by atoms with Gasteiger partial charge in [0.2, 0.25) is 11.9 Å². The minimum Gasteiger partial charge on any atom is -0.328 e. The highest BCUT2D eigenvalue weighted by molar-refractivity contribution is 5.86. The summed E-state index contributed by atoms with van der Waals surface area (Å²) < 4.78 is 0. The first-order valence-corrected chi connectivity index (χ1v) is 6.11. The molecular formula is C14H15N3O. The molecule has 3 rings (SSSR count). The fourth-order valence-electron chi connectivity index (χ4n) is 2.36. The number of carbonyl (C=O) groups excluding carboxylic acids is 1. The molecule has 2 N–H and O–H groups in total. The van der Waals surface area contributed by atoms with Gasteiger partial charge >= 0.3 is 0 Å². The van der Waals surface area contributed by atoms with Crippen LogP contribution in [0.5, 0.6) is 0 Å². The van der Waals surface area contributed by atoms with Gasteiger partial charge in [-0.05, 0) is 17.9 Å². The van der Waals surface area contributed by atoms with E-state index in [4.69, 9.17) is 0 Å². The van der Waals surface area contributed by atoms with E-state index in [1.807, 2.05) is 12.3 Å². The van der Waals surface area contributed by atoms with Crippen molar-refractivity contribution in [3.63, 3.8) is 0 Å². The zero-order valence-corrected chi connectivity index (χ0v) is 10.2. The molecule has 1 heterocycles. The van der Waals surface area contributed by atoms with Crippen LogP contribution in [0.25, 0.3) is 0 Å². The van der Waals surface area contributed by atoms with Gasteiger partial charge in [0.05, 0.1) is 6.20 Å². The summed E-state index contributed by atoms with van der Waals surface area (Å²) in [5, 5.41) is 2.66. The molecule has 1 aliphatic carbocycles. The number of nitrogens with zero attached hydrogens (tertiary/aromatic N) is 1. The Balaban J connectivity index is 1.71. The Morgan fingerprint density at radius 2 is 2.11 bits per heavy atom. The lowest BCUT2D eigenvalue weighted by Crippen LogP contribution is -2.06. The molecule has 4 nitrogen and oxygen atoms in total. The standard InChI is InChI=1S/C14H15N3O/c1-9(18)16-14-15-8-13(17-14)12-7-11(12)10-5-3-2-4-6-10/h2-6,8,11-12H,7H2,1H3,(H2,15,16,17,18). The topological polar surface area (TPSA) is 57.8 Å². The molecule has 0 spiro atoms. The molecular weight excluding hydrogens is 226 g/mol. The van der Waals surface area contributed by atoms with Gasteiger partial charge in [0, 0.05) is 18.5 Å². The number of hydrogen-bond acceptors (Lipinski definition) is 2. The minimum absolute atomic E-state index is 0.105. The van der Waals surface area contributed by atoms with Crippen molar-refractivity contribution in [1.29, 1.82) is 0 Å². The van der Waals surface area contributed by atoms with Crippen molar-refractivity contribution in [2.75, 3.05) is 5.32 Å². The van der Waals surface area contributed by atoms with Crippen molar-refractivity contribution in [2.24, 2.45) is 0 Å². The molecule has 1 aromatic carbocycles. The SMILES string of the molecule is CC(=O)Nc1ncc(C2CC2c2ccccc2)[nH]1. The summed E-state index contributed by atoms with van der Waals surface area (Å²) in [7, 11) is 0. The zero-order valence-electron chi connectivity index (χ0n) is 10.2. The molecule has 0 radical (unpaired) electrons. The molecule has 1 saturated carbocycles. The Kier molecular flexibility index (Phi) is 2.63. The fourth-order valence-corrected chi connectivity index (χ4v) is 2.36. The Morgan fingerprint density at radius 1 is 1.33 bits per heavy atom. The summed E-state index contributed by atoms with van der Waals surface area (Å²) in [4.78, 5) is 18.2. The predicted octanol–water partition coefficient (Wildman–Crippen LogP) is 2.64. The van der Waals surface area contributed by atoms with Gasteiger partial charge in [-0.3, -0.25) is 10.1 Å².